The summed E-state index contributed by atoms with van der Waals surface area (Å²) in [7, 11) is 0. The van der Waals surface area contributed by atoms with Crippen LogP contribution in [0.1, 0.15) is 26.2 Å². The van der Waals surface area contributed by atoms with Crippen molar-refractivity contribution in [3.63, 3.8) is 0 Å². The highest BCUT2D eigenvalue weighted by Gasteiger charge is 2.14. The maximum Gasteiger partial charge on any atom is 0.0584 e. The Morgan fingerprint density at radius 3 is 3.00 bits per heavy atom. The lowest BCUT2D eigenvalue weighted by atomic mass is 10.2. The van der Waals surface area contributed by atoms with Gasteiger partial charge in [0.05, 0.1) is 6.61 Å². The third-order valence-electron chi connectivity index (χ3n) is 2.53. The van der Waals surface area contributed by atoms with E-state index < -0.39 is 0 Å². The van der Waals surface area contributed by atoms with Gasteiger partial charge in [-0.2, -0.15) is 0 Å². The Morgan fingerprint density at radius 1 is 1.67 bits per heavy atom. The molecule has 0 spiro atoms. The second-order valence-electron chi connectivity index (χ2n) is 3.49. The topological polar surface area (TPSA) is 44.3 Å². The van der Waals surface area contributed by atoms with E-state index in [0.717, 1.165) is 19.5 Å². The van der Waals surface area contributed by atoms with Crippen LogP contribution in [-0.2, 0) is 0 Å². The van der Waals surface area contributed by atoms with Gasteiger partial charge in [-0.05, 0) is 25.8 Å². The molecule has 0 amide bonds. The summed E-state index contributed by atoms with van der Waals surface area (Å²) in [5, 5.41) is 15.7. The van der Waals surface area contributed by atoms with Crippen LogP contribution in [0.25, 0.3) is 0 Å². The van der Waals surface area contributed by atoms with E-state index in [1.807, 2.05) is 0 Å². The fraction of sp³-hybridized carbons (Fsp3) is 1.00. The lowest BCUT2D eigenvalue weighted by Gasteiger charge is -2.17. The molecule has 0 aromatic rings. The first kappa shape index (κ1) is 9.96. The van der Waals surface area contributed by atoms with Crippen molar-refractivity contribution in [3.05, 3.63) is 0 Å². The third-order valence-corrected chi connectivity index (χ3v) is 2.53. The van der Waals surface area contributed by atoms with Gasteiger partial charge in [-0.25, -0.2) is 0 Å². The van der Waals surface area contributed by atoms with Gasteiger partial charge >= 0.3 is 0 Å². The van der Waals surface area contributed by atoms with E-state index in [9.17, 15) is 0 Å². The Kier molecular flexibility index (Phi) is 4.58. The Balaban J connectivity index is 2.06. The van der Waals surface area contributed by atoms with Crippen LogP contribution < -0.4 is 10.6 Å². The van der Waals surface area contributed by atoms with Crippen molar-refractivity contribution >= 4 is 0 Å². The van der Waals surface area contributed by atoms with Gasteiger partial charge in [-0.1, -0.05) is 6.92 Å². The van der Waals surface area contributed by atoms with Crippen molar-refractivity contribution in [3.8, 4) is 0 Å². The summed E-state index contributed by atoms with van der Waals surface area (Å²) < 4.78 is 0. The number of hydrogen-bond acceptors (Lipinski definition) is 3. The third kappa shape index (κ3) is 3.09. The van der Waals surface area contributed by atoms with Crippen LogP contribution in [-0.4, -0.2) is 36.9 Å². The maximum absolute atomic E-state index is 8.92. The molecule has 3 N–H and O–H groups in total. The van der Waals surface area contributed by atoms with Crippen LogP contribution in [0.15, 0.2) is 0 Å². The molecular weight excluding hydrogens is 152 g/mol. The van der Waals surface area contributed by atoms with Gasteiger partial charge in [0.2, 0.25) is 0 Å². The van der Waals surface area contributed by atoms with Gasteiger partial charge in [0.15, 0.2) is 0 Å². The van der Waals surface area contributed by atoms with Gasteiger partial charge in [-0.15, -0.1) is 0 Å². The van der Waals surface area contributed by atoms with E-state index >= 15 is 0 Å². The zero-order valence-electron chi connectivity index (χ0n) is 7.84. The number of aliphatic hydroxyl groups excluding tert-OH is 1. The molecular formula is C9H20N2O. The molecule has 0 aromatic heterocycles. The minimum absolute atomic E-state index is 0.253. The minimum Gasteiger partial charge on any atom is -0.395 e. The number of rotatable bonds is 5. The molecule has 1 heterocycles. The van der Waals surface area contributed by atoms with E-state index in [4.69, 9.17) is 5.11 Å². The quantitative estimate of drug-likeness (QED) is 0.551. The number of nitrogens with one attached hydrogen (secondary N) is 2. The van der Waals surface area contributed by atoms with Crippen LogP contribution in [0, 0.1) is 0 Å². The van der Waals surface area contributed by atoms with Crippen LogP contribution in [0.3, 0.4) is 0 Å². The average Bonchev–Trinajstić information content (AvgIpc) is 2.59. The standard InChI is InChI=1S/C9H20N2O/c1-2-8(7-12)11-6-9-4-3-5-10-9/h8-12H,2-7H2,1H3/t8-,9?/m1/s1. The van der Waals surface area contributed by atoms with E-state index in [1.165, 1.54) is 12.8 Å². The first-order chi connectivity index (χ1) is 5.86. The average molecular weight is 172 g/mol. The summed E-state index contributed by atoms with van der Waals surface area (Å²) in [6.45, 7) is 4.50. The number of aliphatic hydroxyl groups is 1. The van der Waals surface area contributed by atoms with Crippen LogP contribution in [0.2, 0.25) is 0 Å². The smallest absolute Gasteiger partial charge is 0.0584 e. The SMILES string of the molecule is CC[C@H](CO)NCC1CCCN1. The summed E-state index contributed by atoms with van der Waals surface area (Å²) in [5.74, 6) is 0. The molecule has 3 heteroatoms. The zero-order valence-corrected chi connectivity index (χ0v) is 7.84. The highest BCUT2D eigenvalue weighted by atomic mass is 16.3. The van der Waals surface area contributed by atoms with Crippen LogP contribution >= 0.6 is 0 Å². The minimum atomic E-state index is 0.253. The van der Waals surface area contributed by atoms with Gasteiger partial charge in [0, 0.05) is 18.6 Å². The van der Waals surface area contributed by atoms with E-state index in [-0.39, 0.29) is 12.6 Å². The summed E-state index contributed by atoms with van der Waals surface area (Å²) >= 11 is 0. The molecule has 1 aliphatic rings. The highest BCUT2D eigenvalue weighted by Crippen LogP contribution is 2.03. The largest absolute Gasteiger partial charge is 0.395 e. The molecule has 1 fully saturated rings. The molecule has 0 saturated carbocycles. The van der Waals surface area contributed by atoms with Gasteiger partial charge < -0.3 is 15.7 Å². The molecule has 0 aliphatic carbocycles. The fourth-order valence-electron chi connectivity index (χ4n) is 1.58. The number of hydrogen-bond donors (Lipinski definition) is 3. The molecule has 0 bridgehead atoms. The van der Waals surface area contributed by atoms with Crippen molar-refractivity contribution in [2.24, 2.45) is 0 Å². The molecule has 12 heavy (non-hydrogen) atoms. The van der Waals surface area contributed by atoms with Crippen LogP contribution in [0.5, 0.6) is 0 Å². The second-order valence-corrected chi connectivity index (χ2v) is 3.49. The van der Waals surface area contributed by atoms with Crippen molar-refractivity contribution < 1.29 is 5.11 Å². The predicted molar refractivity (Wildman–Crippen MR) is 50.2 cm³/mol. The van der Waals surface area contributed by atoms with Crippen LogP contribution in [0.4, 0.5) is 0 Å². The molecule has 0 radical (unpaired) electrons. The first-order valence-corrected chi connectivity index (χ1v) is 4.94. The molecule has 2 atom stereocenters. The van der Waals surface area contributed by atoms with E-state index in [2.05, 4.69) is 17.6 Å². The summed E-state index contributed by atoms with van der Waals surface area (Å²) in [6.07, 6.45) is 3.57. The summed E-state index contributed by atoms with van der Waals surface area (Å²) in [5.41, 5.74) is 0. The molecule has 0 aromatic carbocycles. The summed E-state index contributed by atoms with van der Waals surface area (Å²) in [6, 6.07) is 0.915. The van der Waals surface area contributed by atoms with E-state index in [1.54, 1.807) is 0 Å². The Bertz CT molecular complexity index is 107. The normalized spacial score (nSPS) is 26.0. The maximum atomic E-state index is 8.92. The van der Waals surface area contributed by atoms with Gasteiger partial charge in [0.25, 0.3) is 0 Å². The van der Waals surface area contributed by atoms with Gasteiger partial charge in [0.1, 0.15) is 0 Å². The van der Waals surface area contributed by atoms with E-state index in [0.29, 0.717) is 6.04 Å². The molecule has 1 rings (SSSR count). The molecule has 1 unspecified atom stereocenters. The summed E-state index contributed by atoms with van der Waals surface area (Å²) in [4.78, 5) is 0. The lowest BCUT2D eigenvalue weighted by molar-refractivity contribution is 0.236. The zero-order chi connectivity index (χ0) is 8.81. The van der Waals surface area contributed by atoms with Crippen molar-refractivity contribution in [1.29, 1.82) is 0 Å². The molecule has 1 saturated heterocycles. The lowest BCUT2D eigenvalue weighted by Crippen LogP contribution is -2.40. The Morgan fingerprint density at radius 2 is 2.50 bits per heavy atom. The van der Waals surface area contributed by atoms with Gasteiger partial charge in [-0.3, -0.25) is 0 Å². The van der Waals surface area contributed by atoms with Crippen molar-refractivity contribution in [2.75, 3.05) is 19.7 Å². The molecule has 1 aliphatic heterocycles. The molecule has 3 nitrogen and oxygen atoms in total. The monoisotopic (exact) mass is 172 g/mol. The van der Waals surface area contributed by atoms with Crippen molar-refractivity contribution in [2.45, 2.75) is 38.3 Å². The Hall–Kier alpha value is -0.120. The molecule has 72 valence electrons. The fourth-order valence-corrected chi connectivity index (χ4v) is 1.58. The second kappa shape index (κ2) is 5.51. The van der Waals surface area contributed by atoms with Crippen molar-refractivity contribution in [1.82, 2.24) is 10.6 Å². The first-order valence-electron chi connectivity index (χ1n) is 4.94. The highest BCUT2D eigenvalue weighted by molar-refractivity contribution is 4.77. The predicted octanol–water partition coefficient (Wildman–Crippen LogP) is 0.0989. The Labute approximate surface area is 74.5 Å².